The molecule has 0 atom stereocenters. The zero-order valence-electron chi connectivity index (χ0n) is 18.6. The summed E-state index contributed by atoms with van der Waals surface area (Å²) >= 11 is 1.07. The number of thiophene rings is 1. The number of primary sulfonamides is 1. The Morgan fingerprint density at radius 1 is 1.25 bits per heavy atom. The van der Waals surface area contributed by atoms with Crippen LogP contribution < -0.4 is 5.14 Å². The third kappa shape index (κ3) is 5.85. The van der Waals surface area contributed by atoms with Crippen LogP contribution in [0.2, 0.25) is 0 Å². The second kappa shape index (κ2) is 10.4. The number of esters is 1. The lowest BCUT2D eigenvalue weighted by Crippen LogP contribution is -2.13. The summed E-state index contributed by atoms with van der Waals surface area (Å²) in [6.45, 7) is 6.98. The fourth-order valence-electron chi connectivity index (χ4n) is 3.40. The third-order valence-corrected chi connectivity index (χ3v) is 7.58. The van der Waals surface area contributed by atoms with E-state index in [2.05, 4.69) is 4.98 Å². The molecule has 3 rings (SSSR count). The highest BCUT2D eigenvalue weighted by Gasteiger charge is 2.30. The lowest BCUT2D eigenvalue weighted by Gasteiger charge is -2.11. The van der Waals surface area contributed by atoms with Crippen molar-refractivity contribution in [2.45, 2.75) is 50.8 Å². The van der Waals surface area contributed by atoms with Gasteiger partial charge < -0.3 is 9.30 Å². The maximum absolute atomic E-state index is 13.1. The van der Waals surface area contributed by atoms with Gasteiger partial charge in [0.05, 0.1) is 18.5 Å². The molecule has 172 valence electrons. The molecule has 2 N–H and O–H groups in total. The molecule has 0 bridgehead atoms. The number of nitrogens with zero attached hydrogens (tertiary/aromatic N) is 2. The maximum Gasteiger partial charge on any atom is 0.339 e. The quantitative estimate of drug-likeness (QED) is 0.344. The topological polar surface area (TPSA) is 104 Å². The van der Waals surface area contributed by atoms with Crippen LogP contribution >= 0.6 is 11.3 Å². The molecule has 1 aromatic carbocycles. The van der Waals surface area contributed by atoms with E-state index in [4.69, 9.17) is 9.88 Å². The van der Waals surface area contributed by atoms with E-state index in [0.717, 1.165) is 29.7 Å². The van der Waals surface area contributed by atoms with E-state index >= 15 is 0 Å². The first-order valence-corrected chi connectivity index (χ1v) is 13.0. The Morgan fingerprint density at radius 2 is 1.97 bits per heavy atom. The Balaban J connectivity index is 2.08. The number of carbonyl (C=O) groups excluding carboxylic acids is 1. The molecule has 2 heterocycles. The summed E-state index contributed by atoms with van der Waals surface area (Å²) in [4.78, 5) is 17.8. The Morgan fingerprint density at radius 3 is 2.53 bits per heavy atom. The van der Waals surface area contributed by atoms with Gasteiger partial charge in [-0.15, -0.1) is 11.3 Å². The predicted molar refractivity (Wildman–Crippen MR) is 126 cm³/mol. The SMILES string of the molecule is CCCCOC(=O)c1c(CC(C)C)sc(S(N)(=O)=O)c1-c1ccc(Cn2ccnc2)cc1. The molecule has 0 fully saturated rings. The number of rotatable bonds is 10. The largest absolute Gasteiger partial charge is 0.462 e. The molecule has 9 heteroatoms. The van der Waals surface area contributed by atoms with Crippen molar-refractivity contribution in [1.29, 1.82) is 0 Å². The van der Waals surface area contributed by atoms with Crippen molar-refractivity contribution in [1.82, 2.24) is 9.55 Å². The van der Waals surface area contributed by atoms with Crippen LogP contribution in [-0.4, -0.2) is 30.5 Å². The van der Waals surface area contributed by atoms with Gasteiger partial charge in [-0.3, -0.25) is 0 Å². The van der Waals surface area contributed by atoms with Gasteiger partial charge >= 0.3 is 5.97 Å². The highest BCUT2D eigenvalue weighted by molar-refractivity contribution is 7.91. The fraction of sp³-hybridized carbons (Fsp3) is 0.391. The van der Waals surface area contributed by atoms with Crippen LogP contribution in [0.5, 0.6) is 0 Å². The van der Waals surface area contributed by atoms with Crippen molar-refractivity contribution in [3.63, 3.8) is 0 Å². The standard InChI is InChI=1S/C23H29N3O4S2/c1-4-5-12-30-22(27)21-19(13-16(2)3)31-23(32(24,28)29)20(21)18-8-6-17(7-9-18)14-26-11-10-25-15-26/h6-11,15-16H,4-5,12-14H2,1-3H3,(H2,24,28,29). The third-order valence-electron chi connectivity index (χ3n) is 4.90. The highest BCUT2D eigenvalue weighted by Crippen LogP contribution is 2.41. The maximum atomic E-state index is 13.1. The number of sulfonamides is 1. The predicted octanol–water partition coefficient (Wildman–Crippen LogP) is 4.46. The molecule has 0 aliphatic heterocycles. The van der Waals surface area contributed by atoms with Crippen LogP contribution in [0.1, 0.15) is 54.4 Å². The molecule has 0 amide bonds. The first-order chi connectivity index (χ1) is 15.2. The Labute approximate surface area is 193 Å². The van der Waals surface area contributed by atoms with Gasteiger partial charge in [-0.2, -0.15) is 0 Å². The number of ether oxygens (including phenoxy) is 1. The monoisotopic (exact) mass is 475 g/mol. The number of imidazole rings is 1. The fourth-order valence-corrected chi connectivity index (χ4v) is 5.92. The smallest absolute Gasteiger partial charge is 0.339 e. The summed E-state index contributed by atoms with van der Waals surface area (Å²) in [5, 5.41) is 5.57. The molecular weight excluding hydrogens is 446 g/mol. The molecule has 32 heavy (non-hydrogen) atoms. The molecule has 7 nitrogen and oxygen atoms in total. The van der Waals surface area contributed by atoms with Gasteiger partial charge in [-0.25, -0.2) is 23.3 Å². The minimum absolute atomic E-state index is 0.00190. The van der Waals surface area contributed by atoms with Crippen LogP contribution in [0.15, 0.2) is 47.2 Å². The highest BCUT2D eigenvalue weighted by atomic mass is 32.2. The summed E-state index contributed by atoms with van der Waals surface area (Å²) in [5.74, 6) is -0.271. The number of hydrogen-bond donors (Lipinski definition) is 1. The van der Waals surface area contributed by atoms with Crippen molar-refractivity contribution in [2.75, 3.05) is 6.61 Å². The number of nitrogens with two attached hydrogens (primary N) is 1. The molecule has 0 radical (unpaired) electrons. The summed E-state index contributed by atoms with van der Waals surface area (Å²) in [7, 11) is -4.03. The molecular formula is C23H29N3O4S2. The molecule has 2 aromatic heterocycles. The van der Waals surface area contributed by atoms with E-state index in [0.29, 0.717) is 41.1 Å². The Hall–Kier alpha value is -2.49. The molecule has 0 saturated carbocycles. The van der Waals surface area contributed by atoms with E-state index in [9.17, 15) is 13.2 Å². The lowest BCUT2D eigenvalue weighted by molar-refractivity contribution is 0.0500. The summed E-state index contributed by atoms with van der Waals surface area (Å²) in [5.41, 5.74) is 2.29. The van der Waals surface area contributed by atoms with Gasteiger partial charge in [0.1, 0.15) is 4.21 Å². The summed E-state index contributed by atoms with van der Waals surface area (Å²) in [6.07, 6.45) is 7.51. The van der Waals surface area contributed by atoms with Crippen LogP contribution in [0, 0.1) is 5.92 Å². The van der Waals surface area contributed by atoms with Gasteiger partial charge in [0, 0.05) is 29.4 Å². The second-order valence-electron chi connectivity index (χ2n) is 8.13. The summed E-state index contributed by atoms with van der Waals surface area (Å²) in [6, 6.07) is 7.47. The number of unbranched alkanes of at least 4 members (excludes halogenated alkanes) is 1. The first kappa shape index (κ1) is 24.2. The van der Waals surface area contributed by atoms with Crippen molar-refractivity contribution in [3.8, 4) is 11.1 Å². The van der Waals surface area contributed by atoms with Gasteiger partial charge in [0.15, 0.2) is 0 Å². The zero-order valence-corrected chi connectivity index (χ0v) is 20.2. The van der Waals surface area contributed by atoms with E-state index in [1.165, 1.54) is 0 Å². The van der Waals surface area contributed by atoms with E-state index in [-0.39, 0.29) is 10.1 Å². The van der Waals surface area contributed by atoms with Crippen molar-refractivity contribution < 1.29 is 17.9 Å². The number of aromatic nitrogens is 2. The zero-order chi connectivity index (χ0) is 23.3. The molecule has 0 aliphatic carbocycles. The van der Waals surface area contributed by atoms with Crippen molar-refractivity contribution in [3.05, 3.63) is 59.0 Å². The van der Waals surface area contributed by atoms with Crippen molar-refractivity contribution >= 4 is 27.3 Å². The Bertz CT molecular complexity index is 1150. The van der Waals surface area contributed by atoms with Gasteiger partial charge in [-0.05, 0) is 29.9 Å². The van der Waals surface area contributed by atoms with Gasteiger partial charge in [0.25, 0.3) is 0 Å². The average Bonchev–Trinajstić information content (AvgIpc) is 3.36. The summed E-state index contributed by atoms with van der Waals surface area (Å²) < 4.78 is 32.4. The van der Waals surface area contributed by atoms with Crippen molar-refractivity contribution in [2.24, 2.45) is 11.1 Å². The van der Waals surface area contributed by atoms with Crippen LogP contribution in [0.3, 0.4) is 0 Å². The first-order valence-electron chi connectivity index (χ1n) is 10.6. The molecule has 0 saturated heterocycles. The minimum atomic E-state index is -4.03. The van der Waals surface area contributed by atoms with E-state index in [1.54, 1.807) is 12.5 Å². The second-order valence-corrected chi connectivity index (χ2v) is 11.0. The van der Waals surface area contributed by atoms with Gasteiger partial charge in [0.2, 0.25) is 10.0 Å². The Kier molecular flexibility index (Phi) is 7.86. The van der Waals surface area contributed by atoms with E-state index < -0.39 is 16.0 Å². The number of benzene rings is 1. The molecule has 0 unspecified atom stereocenters. The number of hydrogen-bond acceptors (Lipinski definition) is 6. The average molecular weight is 476 g/mol. The van der Waals surface area contributed by atoms with Crippen LogP contribution in [0.4, 0.5) is 0 Å². The van der Waals surface area contributed by atoms with Gasteiger partial charge in [-0.1, -0.05) is 51.5 Å². The molecule has 3 aromatic rings. The molecule has 0 aliphatic rings. The van der Waals surface area contributed by atoms with Crippen LogP contribution in [-0.2, 0) is 27.7 Å². The van der Waals surface area contributed by atoms with Crippen LogP contribution in [0.25, 0.3) is 11.1 Å². The normalized spacial score (nSPS) is 11.8. The van der Waals surface area contributed by atoms with E-state index in [1.807, 2.05) is 55.8 Å². The minimum Gasteiger partial charge on any atom is -0.462 e. The lowest BCUT2D eigenvalue weighted by atomic mass is 9.98. The molecule has 0 spiro atoms. The number of carbonyl (C=O) groups is 1.